The maximum Gasteiger partial charge on any atom is 0.375 e. The molecule has 2 rings (SSSR count). The zero-order chi connectivity index (χ0) is 14.2. The third kappa shape index (κ3) is 2.47. The third-order valence-corrected chi connectivity index (χ3v) is 2.67. The van der Waals surface area contributed by atoms with Crippen LogP contribution in [0.3, 0.4) is 0 Å². The maximum absolute atomic E-state index is 13.9. The molecule has 2 aromatic rings. The zero-order valence-corrected chi connectivity index (χ0v) is 10.9. The van der Waals surface area contributed by atoms with Gasteiger partial charge in [-0.1, -0.05) is 19.9 Å². The SMILES string of the molecule is Cc1ccc(F)c(-n2nc(C(=O)O)nc2C(C)C)c1. The van der Waals surface area contributed by atoms with Crippen LogP contribution in [0.5, 0.6) is 0 Å². The molecular formula is C13H14FN3O2. The molecule has 0 spiro atoms. The second-order valence-electron chi connectivity index (χ2n) is 4.62. The monoisotopic (exact) mass is 263 g/mol. The van der Waals surface area contributed by atoms with Gasteiger partial charge < -0.3 is 5.11 Å². The summed E-state index contributed by atoms with van der Waals surface area (Å²) in [4.78, 5) is 14.9. The molecule has 19 heavy (non-hydrogen) atoms. The summed E-state index contributed by atoms with van der Waals surface area (Å²) in [5.74, 6) is -1.67. The minimum absolute atomic E-state index is 0.0690. The number of rotatable bonds is 3. The smallest absolute Gasteiger partial charge is 0.375 e. The zero-order valence-electron chi connectivity index (χ0n) is 10.9. The molecule has 0 aliphatic rings. The van der Waals surface area contributed by atoms with E-state index in [1.807, 2.05) is 20.8 Å². The standard InChI is InChI=1S/C13H14FN3O2/c1-7(2)12-15-11(13(18)19)16-17(12)10-6-8(3)4-5-9(10)14/h4-7H,1-3H3,(H,18,19). The fourth-order valence-electron chi connectivity index (χ4n) is 1.75. The van der Waals surface area contributed by atoms with Crippen molar-refractivity contribution < 1.29 is 14.3 Å². The first-order valence-electron chi connectivity index (χ1n) is 5.87. The van der Waals surface area contributed by atoms with Crippen molar-refractivity contribution in [3.05, 3.63) is 41.2 Å². The fourth-order valence-corrected chi connectivity index (χ4v) is 1.75. The second-order valence-corrected chi connectivity index (χ2v) is 4.62. The molecule has 1 N–H and O–H groups in total. The molecule has 0 saturated carbocycles. The molecule has 6 heteroatoms. The summed E-state index contributed by atoms with van der Waals surface area (Å²) in [6.07, 6.45) is 0. The van der Waals surface area contributed by atoms with Crippen LogP contribution in [0.2, 0.25) is 0 Å². The van der Waals surface area contributed by atoms with Crippen LogP contribution in [0, 0.1) is 12.7 Å². The lowest BCUT2D eigenvalue weighted by Crippen LogP contribution is -2.07. The first-order chi connectivity index (χ1) is 8.90. The van der Waals surface area contributed by atoms with Crippen molar-refractivity contribution in [2.45, 2.75) is 26.7 Å². The van der Waals surface area contributed by atoms with E-state index in [-0.39, 0.29) is 17.4 Å². The highest BCUT2D eigenvalue weighted by Crippen LogP contribution is 2.20. The number of nitrogens with zero attached hydrogens (tertiary/aromatic N) is 3. The molecule has 0 bridgehead atoms. The molecule has 0 radical (unpaired) electrons. The van der Waals surface area contributed by atoms with Gasteiger partial charge in [0.05, 0.1) is 0 Å². The first kappa shape index (κ1) is 13.2. The summed E-state index contributed by atoms with van der Waals surface area (Å²) in [5.41, 5.74) is 1.07. The van der Waals surface area contributed by atoms with Gasteiger partial charge in [0.15, 0.2) is 0 Å². The predicted octanol–water partition coefficient (Wildman–Crippen LogP) is 2.54. The molecule has 0 saturated heterocycles. The van der Waals surface area contributed by atoms with Gasteiger partial charge in [0.1, 0.15) is 17.3 Å². The van der Waals surface area contributed by atoms with Crippen molar-refractivity contribution >= 4 is 5.97 Å². The average molecular weight is 263 g/mol. The number of hydrogen-bond donors (Lipinski definition) is 1. The molecule has 5 nitrogen and oxygen atoms in total. The van der Waals surface area contributed by atoms with E-state index < -0.39 is 11.8 Å². The van der Waals surface area contributed by atoms with Crippen molar-refractivity contribution in [1.29, 1.82) is 0 Å². The molecule has 1 aromatic heterocycles. The molecule has 0 amide bonds. The van der Waals surface area contributed by atoms with Crippen molar-refractivity contribution in [2.75, 3.05) is 0 Å². The predicted molar refractivity (Wildman–Crippen MR) is 67.1 cm³/mol. The maximum atomic E-state index is 13.9. The van der Waals surface area contributed by atoms with Gasteiger partial charge in [-0.15, -0.1) is 5.10 Å². The molecule has 0 fully saturated rings. The Hall–Kier alpha value is -2.24. The van der Waals surface area contributed by atoms with Crippen LogP contribution in [0.4, 0.5) is 4.39 Å². The van der Waals surface area contributed by atoms with Gasteiger partial charge in [0, 0.05) is 5.92 Å². The van der Waals surface area contributed by atoms with Gasteiger partial charge in [0.25, 0.3) is 5.82 Å². The van der Waals surface area contributed by atoms with Gasteiger partial charge in [0.2, 0.25) is 0 Å². The normalized spacial score (nSPS) is 11.0. The second kappa shape index (κ2) is 4.79. The van der Waals surface area contributed by atoms with E-state index in [9.17, 15) is 9.18 Å². The molecule has 0 aliphatic carbocycles. The van der Waals surface area contributed by atoms with Crippen LogP contribution < -0.4 is 0 Å². The Morgan fingerprint density at radius 3 is 2.68 bits per heavy atom. The highest BCUT2D eigenvalue weighted by molar-refractivity contribution is 5.83. The molecule has 0 atom stereocenters. The van der Waals surface area contributed by atoms with Crippen LogP contribution in [-0.4, -0.2) is 25.8 Å². The average Bonchev–Trinajstić information content (AvgIpc) is 2.77. The lowest BCUT2D eigenvalue weighted by atomic mass is 10.2. The molecule has 1 heterocycles. The van der Waals surface area contributed by atoms with E-state index in [1.165, 1.54) is 10.7 Å². The molecule has 0 unspecified atom stereocenters. The number of hydrogen-bond acceptors (Lipinski definition) is 3. The number of benzene rings is 1. The summed E-state index contributed by atoms with van der Waals surface area (Å²) in [7, 11) is 0. The fraction of sp³-hybridized carbons (Fsp3) is 0.308. The topological polar surface area (TPSA) is 68.0 Å². The summed E-state index contributed by atoms with van der Waals surface area (Å²) in [6.45, 7) is 5.52. The van der Waals surface area contributed by atoms with Crippen molar-refractivity contribution in [3.8, 4) is 5.69 Å². The Morgan fingerprint density at radius 2 is 2.11 bits per heavy atom. The molecular weight excluding hydrogens is 249 g/mol. The Kier molecular flexibility index (Phi) is 3.33. The highest BCUT2D eigenvalue weighted by atomic mass is 19.1. The summed E-state index contributed by atoms with van der Waals surface area (Å²) < 4.78 is 15.1. The Bertz CT molecular complexity index is 635. The van der Waals surface area contributed by atoms with Gasteiger partial charge in [-0.2, -0.15) is 0 Å². The van der Waals surface area contributed by atoms with Crippen LogP contribution in [-0.2, 0) is 0 Å². The van der Waals surface area contributed by atoms with Crippen LogP contribution in [0.1, 0.15) is 41.8 Å². The Morgan fingerprint density at radius 1 is 1.42 bits per heavy atom. The lowest BCUT2D eigenvalue weighted by molar-refractivity contribution is 0.0683. The molecule has 0 aliphatic heterocycles. The van der Waals surface area contributed by atoms with Gasteiger partial charge in [-0.3, -0.25) is 0 Å². The number of carboxylic acids is 1. The Balaban J connectivity index is 2.66. The summed E-state index contributed by atoms with van der Waals surface area (Å²) in [5, 5.41) is 12.8. The largest absolute Gasteiger partial charge is 0.475 e. The minimum Gasteiger partial charge on any atom is -0.475 e. The quantitative estimate of drug-likeness (QED) is 0.924. The van der Waals surface area contributed by atoms with E-state index in [0.717, 1.165) is 5.56 Å². The Labute approximate surface area is 109 Å². The molecule has 1 aromatic carbocycles. The lowest BCUT2D eigenvalue weighted by Gasteiger charge is -2.09. The van der Waals surface area contributed by atoms with Crippen molar-refractivity contribution in [3.63, 3.8) is 0 Å². The van der Waals surface area contributed by atoms with Crippen LogP contribution >= 0.6 is 0 Å². The van der Waals surface area contributed by atoms with Gasteiger partial charge >= 0.3 is 5.97 Å². The number of aromatic nitrogens is 3. The summed E-state index contributed by atoms with van der Waals surface area (Å²) in [6, 6.07) is 4.58. The number of aryl methyl sites for hydroxylation is 1. The van der Waals surface area contributed by atoms with Gasteiger partial charge in [-0.05, 0) is 24.6 Å². The third-order valence-electron chi connectivity index (χ3n) is 2.67. The van der Waals surface area contributed by atoms with E-state index in [0.29, 0.717) is 5.82 Å². The van der Waals surface area contributed by atoms with Crippen molar-refractivity contribution in [1.82, 2.24) is 14.8 Å². The van der Waals surface area contributed by atoms with E-state index in [1.54, 1.807) is 12.1 Å². The van der Waals surface area contributed by atoms with Crippen LogP contribution in [0.25, 0.3) is 5.69 Å². The number of carbonyl (C=O) groups is 1. The number of aromatic carboxylic acids is 1. The summed E-state index contributed by atoms with van der Waals surface area (Å²) >= 11 is 0. The van der Waals surface area contributed by atoms with E-state index >= 15 is 0 Å². The van der Waals surface area contributed by atoms with Gasteiger partial charge in [-0.25, -0.2) is 18.9 Å². The van der Waals surface area contributed by atoms with E-state index in [2.05, 4.69) is 10.1 Å². The highest BCUT2D eigenvalue weighted by Gasteiger charge is 2.20. The van der Waals surface area contributed by atoms with Crippen molar-refractivity contribution in [2.24, 2.45) is 0 Å². The first-order valence-corrected chi connectivity index (χ1v) is 5.87. The van der Waals surface area contributed by atoms with Crippen LogP contribution in [0.15, 0.2) is 18.2 Å². The number of halogens is 1. The number of carboxylic acid groups (broad SMARTS) is 1. The minimum atomic E-state index is -1.23. The van der Waals surface area contributed by atoms with E-state index in [4.69, 9.17) is 5.11 Å². The molecule has 100 valence electrons.